The second-order valence-electron chi connectivity index (χ2n) is 40.1. The minimum absolute atomic E-state index is 0.00915. The molecule has 6 aliphatic carbocycles. The number of hydrogen-bond donors (Lipinski definition) is 6. The molecule has 32 nitrogen and oxygen atoms in total. The van der Waals surface area contributed by atoms with Crippen molar-refractivity contribution in [3.05, 3.63) is 165 Å². The van der Waals surface area contributed by atoms with Crippen LogP contribution in [0.5, 0.6) is 28.7 Å². The third-order valence-corrected chi connectivity index (χ3v) is 37.9. The first kappa shape index (κ1) is 100. The van der Waals surface area contributed by atoms with Crippen LogP contribution in [0.25, 0.3) is 64.4 Å². The van der Waals surface area contributed by atoms with Crippen molar-refractivity contribution in [1.82, 2.24) is 60.5 Å². The van der Waals surface area contributed by atoms with Gasteiger partial charge in [0, 0.05) is 145 Å². The van der Waals surface area contributed by atoms with Crippen LogP contribution < -0.4 is 68.5 Å². The number of sulfonamides is 3. The van der Waals surface area contributed by atoms with Crippen LogP contribution >= 0.6 is 34.0 Å². The van der Waals surface area contributed by atoms with E-state index in [1.165, 1.54) is 90.3 Å². The third-order valence-electron chi connectivity index (χ3n) is 28.6. The summed E-state index contributed by atoms with van der Waals surface area (Å²) < 4.78 is 278. The summed E-state index contributed by atoms with van der Waals surface area (Å²) in [4.78, 5) is 60.8. The van der Waals surface area contributed by atoms with Gasteiger partial charge >= 0.3 is 19.1 Å². The Kier molecular flexibility index (Phi) is 26.3. The molecule has 48 heteroatoms. The number of amides is 3. The lowest BCUT2D eigenvalue weighted by Crippen LogP contribution is -2.42. The van der Waals surface area contributed by atoms with Gasteiger partial charge in [-0.25, -0.2) is 58.8 Å². The van der Waals surface area contributed by atoms with E-state index in [0.29, 0.717) is 196 Å². The zero-order valence-electron chi connectivity index (χ0n) is 79.5. The minimum Gasteiger partial charge on any atom is -0.489 e. The number of carbonyl (C=O) groups is 3. The molecule has 146 heavy (non-hydrogen) atoms. The lowest BCUT2D eigenvalue weighted by molar-refractivity contribution is -0.275. The number of halogens is 10. The van der Waals surface area contributed by atoms with E-state index in [-0.39, 0.29) is 142 Å². The first-order valence-corrected chi connectivity index (χ1v) is 55.3. The Labute approximate surface area is 842 Å². The fraction of sp³-hybridized carbons (Fsp3) is 0.480. The Hall–Kier alpha value is -11.5. The van der Waals surface area contributed by atoms with Crippen LogP contribution in [0, 0.1) is 5.82 Å². The molecular formula is C98H101F10N15O17S6. The van der Waals surface area contributed by atoms with Gasteiger partial charge in [0.1, 0.15) is 79.7 Å². The number of rotatable bonds is 36. The fourth-order valence-corrected chi connectivity index (χ4v) is 26.5. The molecule has 3 aliphatic heterocycles. The van der Waals surface area contributed by atoms with Gasteiger partial charge < -0.3 is 67.9 Å². The topological polar surface area (TPSA) is 398 Å². The molecule has 6 saturated carbocycles. The highest BCUT2D eigenvalue weighted by Gasteiger charge is 2.54. The number of thiazole rings is 3. The van der Waals surface area contributed by atoms with Crippen molar-refractivity contribution >= 4 is 128 Å². The number of fused-ring (bicyclic) bond motifs is 3. The molecule has 21 rings (SSSR count). The number of carbonyl (C=O) groups excluding carboxylic acids is 3. The summed E-state index contributed by atoms with van der Waals surface area (Å²) >= 11 is 3.73. The van der Waals surface area contributed by atoms with Crippen molar-refractivity contribution in [2.24, 2.45) is 0 Å². The largest absolute Gasteiger partial charge is 0.573 e. The molecule has 9 fully saturated rings. The number of aromatic nitrogens is 6. The van der Waals surface area contributed by atoms with Gasteiger partial charge in [0.25, 0.3) is 17.7 Å². The Morgan fingerprint density at radius 1 is 0.432 bits per heavy atom. The molecule has 9 heterocycles. The molecule has 0 spiro atoms. The summed E-state index contributed by atoms with van der Waals surface area (Å²) in [6.07, 6.45) is -8.76. The average molecular weight is 2140 g/mol. The van der Waals surface area contributed by atoms with E-state index in [9.17, 15) is 52.8 Å². The Bertz CT molecular complexity index is 7470. The maximum absolute atomic E-state index is 15.6. The highest BCUT2D eigenvalue weighted by atomic mass is 32.2. The minimum atomic E-state index is -5.32. The van der Waals surface area contributed by atoms with Gasteiger partial charge in [-0.1, -0.05) is 73.7 Å². The van der Waals surface area contributed by atoms with Gasteiger partial charge in [0.05, 0.1) is 41.1 Å². The molecule has 0 bridgehead atoms. The van der Waals surface area contributed by atoms with Crippen molar-refractivity contribution in [3.63, 3.8) is 0 Å². The summed E-state index contributed by atoms with van der Waals surface area (Å²) in [6.45, 7) is 13.0. The van der Waals surface area contributed by atoms with Crippen LogP contribution in [0.1, 0.15) is 250 Å². The van der Waals surface area contributed by atoms with Crippen LogP contribution in [-0.2, 0) is 49.7 Å². The number of benzene rings is 6. The van der Waals surface area contributed by atoms with E-state index in [4.69, 9.17) is 42.5 Å². The Morgan fingerprint density at radius 2 is 0.788 bits per heavy atom. The number of anilines is 3. The predicted octanol–water partition coefficient (Wildman–Crippen LogP) is 19.0. The first-order valence-electron chi connectivity index (χ1n) is 48.4. The van der Waals surface area contributed by atoms with Gasteiger partial charge in [0.2, 0.25) is 30.1 Å². The number of hydrogen-bond acceptors (Lipinski definition) is 32. The number of piperidine rings is 3. The normalized spacial score (nSPS) is 20.1. The van der Waals surface area contributed by atoms with E-state index >= 15 is 30.7 Å². The van der Waals surface area contributed by atoms with Crippen molar-refractivity contribution in [1.29, 1.82) is 0 Å². The summed E-state index contributed by atoms with van der Waals surface area (Å²) in [5.74, 6) is -6.14. The number of nitrogens with one attached hydrogen (secondary N) is 6. The lowest BCUT2D eigenvalue weighted by atomic mass is 9.96. The SMILES string of the molecule is CC(C)Oc1cc(C(=O)NS(=O)(=O)C2CC2)cc2sc(N3CCC(NCc4c(-c5ccc(C6CC6c6onc(-c7ccccc7OC(F)(F)F)c6CNC6CCN(c7nc8c(OC(C)C)cc(C(=O)NS(=O)(=O)C9(C)CC9)cc8s7)CC6)cc5OC(F)(F)F)noc4C4CC4c4ccc(-c5noc(C6CC6)c5CNC5CCN(c6nc7c(F)cc(C(=O)NS(=O)(=O)C8(C)CC8)cc7s6)CC5)c(OC(F)(F)F)c4)CC3)nc12. The predicted molar refractivity (Wildman–Crippen MR) is 522 cm³/mol. The maximum Gasteiger partial charge on any atom is 0.573 e. The molecule has 0 radical (unpaired) electrons. The number of para-hydroxylation sites is 1. The van der Waals surface area contributed by atoms with E-state index in [1.807, 2.05) is 4.90 Å². The number of alkyl halides is 9. The van der Waals surface area contributed by atoms with Gasteiger partial charge in [-0.2, -0.15) is 0 Å². The molecular weight excluding hydrogens is 2040 g/mol. The summed E-state index contributed by atoms with van der Waals surface area (Å²) in [5.41, 5.74) is 2.70. The second kappa shape index (κ2) is 38.2. The van der Waals surface area contributed by atoms with Crippen molar-refractivity contribution in [2.75, 3.05) is 54.0 Å². The third kappa shape index (κ3) is 21.3. The number of ether oxygens (including phenoxy) is 5. The van der Waals surface area contributed by atoms with Crippen molar-refractivity contribution in [3.8, 4) is 62.5 Å². The van der Waals surface area contributed by atoms with Gasteiger partial charge in [0.15, 0.2) is 21.2 Å². The van der Waals surface area contributed by atoms with Crippen LogP contribution in [0.4, 0.5) is 59.3 Å². The molecule has 6 aromatic heterocycles. The fourth-order valence-electron chi connectivity index (χ4n) is 19.4. The van der Waals surface area contributed by atoms with Crippen LogP contribution in [0.2, 0.25) is 0 Å². The monoisotopic (exact) mass is 2140 g/mol. The molecule has 3 saturated heterocycles. The van der Waals surface area contributed by atoms with Crippen LogP contribution in [0.3, 0.4) is 0 Å². The second-order valence-corrected chi connectivity index (χ2v) is 49.5. The zero-order chi connectivity index (χ0) is 103. The van der Waals surface area contributed by atoms with Gasteiger partial charge in [-0.3, -0.25) is 14.4 Å². The Morgan fingerprint density at radius 3 is 1.17 bits per heavy atom. The average Bonchev–Trinajstić information content (AvgIpc) is 1.59. The highest BCUT2D eigenvalue weighted by molar-refractivity contribution is 7.92. The Balaban J connectivity index is 0.548. The summed E-state index contributed by atoms with van der Waals surface area (Å²) in [7, 11) is -11.9. The standard InChI is InChI=1S/C98H101F10N15O17S6/c1-48(2)133-74-38-54(88(124)118-144(127,128)59-15-16-59)41-77-83(74)113-92(142-77)122-33-23-58(24-34-122)111-47-69-81(117-140-87(69)66-44-64(66)51-13-17-61(72(36-51)136-97(103,104)105)80-67(85(138-115-80)50-11-12-50)45-109-56-19-29-121(30-20-56)91-112-82-70(99)35-53(40-76(82)141-91)89(125)119-145(129,130)94(5)25-26-94)62-18-14-52(37-73(62)137-98(106,107)108)63-43-65(63)86-68(79(116-139-86)60-9-7-8-10-71(60)135-96(100,101)102)46-110-57-21-31-123(32-22-57)93-114-84-75(134-49(3)4)39-55(42-78(84)143-93)90(126)120-146(131,132)95(6)27-28-95/h7-10,13-14,17-18,35-42,48-50,56-59,63-66,109-111H,11-12,15-16,19-34,43-47H2,1-6H3,(H,118,124)(H,119,125)(H,120,126). The van der Waals surface area contributed by atoms with Crippen molar-refractivity contribution < 1.29 is 121 Å². The quantitative estimate of drug-likeness (QED) is 0.0199. The summed E-state index contributed by atoms with van der Waals surface area (Å²) in [5, 5.41) is 25.1. The smallest absolute Gasteiger partial charge is 0.489 e. The van der Waals surface area contributed by atoms with E-state index in [1.54, 1.807) is 58.9 Å². The molecule has 4 atom stereocenters. The maximum atomic E-state index is 15.6. The highest BCUT2D eigenvalue weighted by Crippen LogP contribution is 2.61. The summed E-state index contributed by atoms with van der Waals surface area (Å²) in [6, 6.07) is 22.0. The number of nitrogens with zero attached hydrogens (tertiary/aromatic N) is 9. The molecule has 776 valence electrons. The molecule has 3 amide bonds. The molecule has 9 aliphatic rings. The zero-order valence-corrected chi connectivity index (χ0v) is 84.4. The molecule has 6 N–H and O–H groups in total. The van der Waals surface area contributed by atoms with Gasteiger partial charge in [-0.05, 0) is 240 Å². The van der Waals surface area contributed by atoms with E-state index in [2.05, 4.69) is 65.1 Å². The van der Waals surface area contributed by atoms with E-state index < -0.39 is 128 Å². The lowest BCUT2D eigenvalue weighted by Gasteiger charge is -2.32. The molecule has 6 aromatic carbocycles. The van der Waals surface area contributed by atoms with Crippen LogP contribution in [-0.4, -0.2) is 177 Å². The molecule has 12 aromatic rings. The van der Waals surface area contributed by atoms with Crippen molar-refractivity contribution in [2.45, 2.75) is 258 Å². The first-order chi connectivity index (χ1) is 69.3. The van der Waals surface area contributed by atoms with Gasteiger partial charge in [-0.15, -0.1) is 39.5 Å². The van der Waals surface area contributed by atoms with Crippen LogP contribution in [0.15, 0.2) is 111 Å². The molecule has 4 unspecified atom stereocenters. The van der Waals surface area contributed by atoms with E-state index in [0.717, 1.165) is 36.3 Å².